The molecule has 1 aliphatic heterocycles. The molecule has 3 rings (SSSR count). The molecular formula is C23H23F5N2O5. The smallest absolute Gasteiger partial charge is 0.414 e. The van der Waals surface area contributed by atoms with Gasteiger partial charge in [-0.3, -0.25) is 9.69 Å². The van der Waals surface area contributed by atoms with E-state index in [1.165, 1.54) is 19.1 Å². The molecule has 190 valence electrons. The Bertz CT molecular complexity index is 1130. The summed E-state index contributed by atoms with van der Waals surface area (Å²) in [5.41, 5.74) is -0.659. The fourth-order valence-corrected chi connectivity index (χ4v) is 4.07. The van der Waals surface area contributed by atoms with Crippen molar-refractivity contribution in [2.45, 2.75) is 32.2 Å². The standard InChI is InChI=1S/C23H23F5N2O5/c1-5-35-23(32)30-10(2)6-11(12-7-14(33-3)15(34-4)8-13(12)30)9-29-22(31)16-17(24)19(26)21(28)20(27)18(16)25/h7-8,10-11H,5-6,9H2,1-4H3,(H,29,31). The van der Waals surface area contributed by atoms with Gasteiger partial charge in [0.1, 0.15) is 5.56 Å². The minimum atomic E-state index is -2.35. The van der Waals surface area contributed by atoms with Crippen LogP contribution < -0.4 is 19.7 Å². The van der Waals surface area contributed by atoms with Crippen LogP contribution in [0.2, 0.25) is 0 Å². The Kier molecular flexibility index (Phi) is 7.71. The van der Waals surface area contributed by atoms with E-state index >= 15 is 0 Å². The van der Waals surface area contributed by atoms with Gasteiger partial charge in [-0.1, -0.05) is 0 Å². The van der Waals surface area contributed by atoms with Crippen LogP contribution in [-0.4, -0.2) is 45.4 Å². The number of rotatable bonds is 6. The number of nitrogens with zero attached hydrogens (tertiary/aromatic N) is 1. The summed E-state index contributed by atoms with van der Waals surface area (Å²) in [5.74, 6) is -12.6. The molecule has 0 fully saturated rings. The van der Waals surface area contributed by atoms with E-state index < -0.39 is 58.6 Å². The van der Waals surface area contributed by atoms with Crippen molar-refractivity contribution in [3.63, 3.8) is 0 Å². The number of hydrogen-bond donors (Lipinski definition) is 1. The second kappa shape index (κ2) is 10.4. The van der Waals surface area contributed by atoms with Crippen LogP contribution >= 0.6 is 0 Å². The lowest BCUT2D eigenvalue weighted by Gasteiger charge is -2.39. The van der Waals surface area contributed by atoms with Gasteiger partial charge in [0.05, 0.1) is 26.5 Å². The molecule has 0 saturated heterocycles. The summed E-state index contributed by atoms with van der Waals surface area (Å²) in [6.07, 6.45) is -0.337. The van der Waals surface area contributed by atoms with Gasteiger partial charge in [-0.2, -0.15) is 0 Å². The molecule has 2 aromatic rings. The first-order valence-corrected chi connectivity index (χ1v) is 10.6. The topological polar surface area (TPSA) is 77.1 Å². The molecule has 35 heavy (non-hydrogen) atoms. The van der Waals surface area contributed by atoms with E-state index in [9.17, 15) is 31.5 Å². The zero-order chi connectivity index (χ0) is 26.0. The summed E-state index contributed by atoms with van der Waals surface area (Å²) >= 11 is 0. The highest BCUT2D eigenvalue weighted by Gasteiger charge is 2.37. The molecular weight excluding hydrogens is 479 g/mol. The maximum absolute atomic E-state index is 14.0. The number of halogens is 5. The maximum Gasteiger partial charge on any atom is 0.414 e. The molecule has 0 aromatic heterocycles. The Hall–Kier alpha value is -3.57. The van der Waals surface area contributed by atoms with Crippen LogP contribution in [0.4, 0.5) is 32.4 Å². The molecule has 7 nitrogen and oxygen atoms in total. The van der Waals surface area contributed by atoms with Crippen molar-refractivity contribution in [2.24, 2.45) is 0 Å². The minimum absolute atomic E-state index is 0.131. The third kappa shape index (κ3) is 4.69. The van der Waals surface area contributed by atoms with Gasteiger partial charge in [0, 0.05) is 24.6 Å². The predicted molar refractivity (Wildman–Crippen MR) is 114 cm³/mol. The highest BCUT2D eigenvalue weighted by Crippen LogP contribution is 2.44. The first-order chi connectivity index (χ1) is 16.6. The molecule has 0 saturated carbocycles. The third-order valence-corrected chi connectivity index (χ3v) is 5.71. The number of methoxy groups -OCH3 is 2. The van der Waals surface area contributed by atoms with Crippen LogP contribution in [-0.2, 0) is 4.74 Å². The summed E-state index contributed by atoms with van der Waals surface area (Å²) in [6.45, 7) is 3.28. The van der Waals surface area contributed by atoms with Gasteiger partial charge >= 0.3 is 6.09 Å². The summed E-state index contributed by atoms with van der Waals surface area (Å²) in [7, 11) is 2.81. The van der Waals surface area contributed by atoms with E-state index in [1.807, 2.05) is 0 Å². The fourth-order valence-electron chi connectivity index (χ4n) is 4.07. The fraction of sp³-hybridized carbons (Fsp3) is 0.391. The molecule has 2 amide bonds. The van der Waals surface area contributed by atoms with Crippen LogP contribution in [0.3, 0.4) is 0 Å². The van der Waals surface area contributed by atoms with Gasteiger partial charge < -0.3 is 19.5 Å². The number of nitrogens with one attached hydrogen (secondary N) is 1. The Labute approximate surface area is 197 Å². The molecule has 1 heterocycles. The quantitative estimate of drug-likeness (QED) is 0.353. The second-order valence-electron chi connectivity index (χ2n) is 7.77. The van der Waals surface area contributed by atoms with Crippen molar-refractivity contribution < 1.29 is 45.8 Å². The highest BCUT2D eigenvalue weighted by atomic mass is 19.2. The van der Waals surface area contributed by atoms with Crippen LogP contribution in [0.15, 0.2) is 12.1 Å². The highest BCUT2D eigenvalue weighted by molar-refractivity contribution is 5.95. The molecule has 0 spiro atoms. The Morgan fingerprint density at radius 1 is 0.971 bits per heavy atom. The molecule has 12 heteroatoms. The van der Waals surface area contributed by atoms with Crippen molar-refractivity contribution in [3.8, 4) is 11.5 Å². The van der Waals surface area contributed by atoms with E-state index in [0.29, 0.717) is 22.7 Å². The first kappa shape index (κ1) is 26.0. The number of ether oxygens (including phenoxy) is 3. The molecule has 0 radical (unpaired) electrons. The SMILES string of the molecule is CCOC(=O)N1c2cc(OC)c(OC)cc2C(CNC(=O)c2c(F)c(F)c(F)c(F)c2F)CC1C. The molecule has 0 bridgehead atoms. The van der Waals surface area contributed by atoms with Crippen LogP contribution in [0, 0.1) is 29.1 Å². The van der Waals surface area contributed by atoms with E-state index in [-0.39, 0.29) is 19.6 Å². The van der Waals surface area contributed by atoms with E-state index in [1.54, 1.807) is 26.0 Å². The number of benzene rings is 2. The van der Waals surface area contributed by atoms with Crippen molar-refractivity contribution in [3.05, 3.63) is 52.3 Å². The zero-order valence-corrected chi connectivity index (χ0v) is 19.3. The van der Waals surface area contributed by atoms with Gasteiger partial charge in [0.15, 0.2) is 34.8 Å². The average Bonchev–Trinajstić information content (AvgIpc) is 2.84. The number of carbonyl (C=O) groups is 2. The molecule has 1 N–H and O–H groups in total. The average molecular weight is 502 g/mol. The van der Waals surface area contributed by atoms with Gasteiger partial charge in [-0.15, -0.1) is 0 Å². The van der Waals surface area contributed by atoms with Crippen molar-refractivity contribution in [2.75, 3.05) is 32.3 Å². The lowest BCUT2D eigenvalue weighted by atomic mass is 9.85. The molecule has 2 atom stereocenters. The summed E-state index contributed by atoms with van der Waals surface area (Å²) < 4.78 is 84.2. The summed E-state index contributed by atoms with van der Waals surface area (Å²) in [5, 5.41) is 2.24. The van der Waals surface area contributed by atoms with Crippen molar-refractivity contribution >= 4 is 17.7 Å². The van der Waals surface area contributed by atoms with Crippen molar-refractivity contribution in [1.29, 1.82) is 0 Å². The molecule has 1 aliphatic rings. The van der Waals surface area contributed by atoms with Gasteiger partial charge in [-0.05, 0) is 31.9 Å². The number of fused-ring (bicyclic) bond motifs is 1. The molecule has 2 unspecified atom stereocenters. The lowest BCUT2D eigenvalue weighted by molar-refractivity contribution is 0.0937. The second-order valence-corrected chi connectivity index (χ2v) is 7.77. The summed E-state index contributed by atoms with van der Waals surface area (Å²) in [4.78, 5) is 26.5. The Morgan fingerprint density at radius 3 is 2.06 bits per heavy atom. The normalized spacial score (nSPS) is 17.0. The van der Waals surface area contributed by atoms with E-state index in [0.717, 1.165) is 0 Å². The number of hydrogen-bond acceptors (Lipinski definition) is 5. The number of carbonyl (C=O) groups excluding carboxylic acids is 2. The Morgan fingerprint density at radius 2 is 1.51 bits per heavy atom. The van der Waals surface area contributed by atoms with E-state index in [4.69, 9.17) is 14.2 Å². The maximum atomic E-state index is 14.0. The largest absolute Gasteiger partial charge is 0.493 e. The van der Waals surface area contributed by atoms with Crippen LogP contribution in [0.25, 0.3) is 0 Å². The monoisotopic (exact) mass is 502 g/mol. The summed E-state index contributed by atoms with van der Waals surface area (Å²) in [6, 6.07) is 2.71. The molecule has 2 aromatic carbocycles. The minimum Gasteiger partial charge on any atom is -0.493 e. The van der Waals surface area contributed by atoms with Crippen molar-refractivity contribution in [1.82, 2.24) is 5.32 Å². The van der Waals surface area contributed by atoms with Gasteiger partial charge in [-0.25, -0.2) is 26.7 Å². The van der Waals surface area contributed by atoms with E-state index in [2.05, 4.69) is 5.32 Å². The van der Waals surface area contributed by atoms with Crippen LogP contribution in [0.5, 0.6) is 11.5 Å². The predicted octanol–water partition coefficient (Wildman–Crippen LogP) is 4.67. The Balaban J connectivity index is 1.97. The molecule has 0 aliphatic carbocycles. The van der Waals surface area contributed by atoms with Gasteiger partial charge in [0.2, 0.25) is 5.82 Å². The first-order valence-electron chi connectivity index (χ1n) is 10.6. The number of amides is 2. The number of anilines is 1. The van der Waals surface area contributed by atoms with Gasteiger partial charge in [0.25, 0.3) is 5.91 Å². The zero-order valence-electron chi connectivity index (χ0n) is 19.3. The third-order valence-electron chi connectivity index (χ3n) is 5.71. The van der Waals surface area contributed by atoms with Crippen LogP contribution in [0.1, 0.15) is 42.1 Å². The lowest BCUT2D eigenvalue weighted by Crippen LogP contribution is -2.45.